The molecule has 1 aliphatic heterocycles. The molecule has 1 aromatic carbocycles. The molecule has 7 heteroatoms. The van der Waals surface area contributed by atoms with Crippen LogP contribution in [0.3, 0.4) is 0 Å². The Morgan fingerprint density at radius 2 is 2.00 bits per heavy atom. The van der Waals surface area contributed by atoms with Crippen LogP contribution < -0.4 is 10.6 Å². The first-order valence-electron chi connectivity index (χ1n) is 11.4. The lowest BCUT2D eigenvalue weighted by molar-refractivity contribution is 0.166. The molecule has 0 unspecified atom stereocenters. The number of likely N-dealkylation sites (tertiary alicyclic amines) is 1. The van der Waals surface area contributed by atoms with E-state index in [1.54, 1.807) is 6.07 Å². The molecule has 0 amide bonds. The molecular formula is C24H36FN5O. The SMILES string of the molecule is CCNC(=NCC1CCN(Cc2nc(C)c(C)o2)CC1)NCCc1ccc(F)cc1C. The standard InChI is InChI=1S/C24H36FN5O/c1-5-26-24(27-11-8-21-6-7-22(25)14-17(21)2)28-15-20-9-12-30(13-10-20)16-23-29-18(3)19(4)31-23/h6-7,14,20H,5,8-13,15-16H2,1-4H3,(H2,26,27,28). The van der Waals surface area contributed by atoms with E-state index in [0.29, 0.717) is 5.92 Å². The summed E-state index contributed by atoms with van der Waals surface area (Å²) in [6.45, 7) is 13.3. The molecule has 0 bridgehead atoms. The first-order valence-corrected chi connectivity index (χ1v) is 11.4. The minimum absolute atomic E-state index is 0.180. The van der Waals surface area contributed by atoms with E-state index < -0.39 is 0 Å². The third-order valence-corrected chi connectivity index (χ3v) is 5.98. The Hall–Kier alpha value is -2.41. The summed E-state index contributed by atoms with van der Waals surface area (Å²) in [6, 6.07) is 4.98. The predicted octanol–water partition coefficient (Wildman–Crippen LogP) is 3.75. The highest BCUT2D eigenvalue weighted by atomic mass is 19.1. The van der Waals surface area contributed by atoms with E-state index in [-0.39, 0.29) is 5.82 Å². The topological polar surface area (TPSA) is 65.7 Å². The Morgan fingerprint density at radius 3 is 2.65 bits per heavy atom. The van der Waals surface area contributed by atoms with Crippen molar-refractivity contribution in [2.75, 3.05) is 32.7 Å². The number of aliphatic imine (C=N–C) groups is 1. The summed E-state index contributed by atoms with van der Waals surface area (Å²) in [4.78, 5) is 11.7. The number of hydrogen-bond acceptors (Lipinski definition) is 4. The minimum Gasteiger partial charge on any atom is -0.444 e. The second-order valence-electron chi connectivity index (χ2n) is 8.44. The molecule has 6 nitrogen and oxygen atoms in total. The third-order valence-electron chi connectivity index (χ3n) is 5.98. The van der Waals surface area contributed by atoms with Crippen molar-refractivity contribution in [2.45, 2.75) is 53.5 Å². The number of nitrogens with zero attached hydrogens (tertiary/aromatic N) is 3. The zero-order valence-corrected chi connectivity index (χ0v) is 19.3. The van der Waals surface area contributed by atoms with Gasteiger partial charge in [0, 0.05) is 19.6 Å². The molecule has 1 saturated heterocycles. The molecule has 1 aliphatic rings. The van der Waals surface area contributed by atoms with Gasteiger partial charge in [0.1, 0.15) is 11.6 Å². The Bertz CT molecular complexity index is 851. The lowest BCUT2D eigenvalue weighted by Gasteiger charge is -2.30. The number of piperidine rings is 1. The number of rotatable bonds is 8. The molecule has 2 heterocycles. The normalized spacial score (nSPS) is 16.0. The van der Waals surface area contributed by atoms with E-state index in [1.165, 1.54) is 6.07 Å². The van der Waals surface area contributed by atoms with Crippen LogP contribution in [0.2, 0.25) is 0 Å². The molecule has 0 aliphatic carbocycles. The van der Waals surface area contributed by atoms with E-state index in [4.69, 9.17) is 9.41 Å². The number of aromatic nitrogens is 1. The Morgan fingerprint density at radius 1 is 1.23 bits per heavy atom. The van der Waals surface area contributed by atoms with Crippen LogP contribution in [0.25, 0.3) is 0 Å². The van der Waals surface area contributed by atoms with Gasteiger partial charge in [-0.2, -0.15) is 0 Å². The van der Waals surface area contributed by atoms with Gasteiger partial charge in [-0.15, -0.1) is 0 Å². The fourth-order valence-corrected chi connectivity index (χ4v) is 3.94. The van der Waals surface area contributed by atoms with Crippen LogP contribution in [0.1, 0.15) is 48.2 Å². The zero-order chi connectivity index (χ0) is 22.2. The molecule has 2 N–H and O–H groups in total. The molecule has 2 aromatic rings. The van der Waals surface area contributed by atoms with Crippen LogP contribution in [0.4, 0.5) is 4.39 Å². The van der Waals surface area contributed by atoms with Crippen molar-refractivity contribution in [3.63, 3.8) is 0 Å². The van der Waals surface area contributed by atoms with Gasteiger partial charge in [-0.25, -0.2) is 9.37 Å². The van der Waals surface area contributed by atoms with Gasteiger partial charge in [0.25, 0.3) is 0 Å². The van der Waals surface area contributed by atoms with Crippen molar-refractivity contribution in [3.05, 3.63) is 52.5 Å². The zero-order valence-electron chi connectivity index (χ0n) is 19.3. The molecule has 31 heavy (non-hydrogen) atoms. The largest absolute Gasteiger partial charge is 0.444 e. The predicted molar refractivity (Wildman–Crippen MR) is 123 cm³/mol. The summed E-state index contributed by atoms with van der Waals surface area (Å²) in [5.74, 6) is 3.01. The summed E-state index contributed by atoms with van der Waals surface area (Å²) in [5.41, 5.74) is 3.14. The number of guanidine groups is 1. The monoisotopic (exact) mass is 429 g/mol. The molecule has 3 rings (SSSR count). The molecule has 0 radical (unpaired) electrons. The first kappa shape index (κ1) is 23.3. The smallest absolute Gasteiger partial charge is 0.208 e. The van der Waals surface area contributed by atoms with Gasteiger partial charge < -0.3 is 15.1 Å². The van der Waals surface area contributed by atoms with Gasteiger partial charge in [-0.1, -0.05) is 6.07 Å². The Kier molecular flexibility index (Phi) is 8.46. The maximum Gasteiger partial charge on any atom is 0.208 e. The van der Waals surface area contributed by atoms with Crippen LogP contribution in [-0.4, -0.2) is 48.6 Å². The number of aryl methyl sites for hydroxylation is 3. The maximum absolute atomic E-state index is 13.3. The molecule has 0 atom stereocenters. The lowest BCUT2D eigenvalue weighted by Crippen LogP contribution is -2.39. The summed E-state index contributed by atoms with van der Waals surface area (Å²) >= 11 is 0. The van der Waals surface area contributed by atoms with Crippen molar-refractivity contribution >= 4 is 5.96 Å². The maximum atomic E-state index is 13.3. The van der Waals surface area contributed by atoms with Gasteiger partial charge in [-0.05, 0) is 89.2 Å². The molecular weight excluding hydrogens is 393 g/mol. The van der Waals surface area contributed by atoms with Gasteiger partial charge in [0.15, 0.2) is 5.96 Å². The van der Waals surface area contributed by atoms with Crippen molar-refractivity contribution in [2.24, 2.45) is 10.9 Å². The van der Waals surface area contributed by atoms with Gasteiger partial charge >= 0.3 is 0 Å². The van der Waals surface area contributed by atoms with Crippen molar-refractivity contribution in [1.82, 2.24) is 20.5 Å². The Labute approximate surface area is 185 Å². The molecule has 170 valence electrons. The summed E-state index contributed by atoms with van der Waals surface area (Å²) in [6.07, 6.45) is 3.11. The number of hydrogen-bond donors (Lipinski definition) is 2. The fraction of sp³-hybridized carbons (Fsp3) is 0.583. The number of oxazole rings is 1. The second-order valence-corrected chi connectivity index (χ2v) is 8.44. The molecule has 0 saturated carbocycles. The highest BCUT2D eigenvalue weighted by molar-refractivity contribution is 5.79. The molecule has 0 spiro atoms. The van der Waals surface area contributed by atoms with Gasteiger partial charge in [0.05, 0.1) is 12.2 Å². The van der Waals surface area contributed by atoms with Crippen LogP contribution in [0.15, 0.2) is 27.6 Å². The molecule has 1 aromatic heterocycles. The summed E-state index contributed by atoms with van der Waals surface area (Å²) in [5, 5.41) is 6.74. The number of benzene rings is 1. The fourth-order valence-electron chi connectivity index (χ4n) is 3.94. The molecule has 1 fully saturated rings. The summed E-state index contributed by atoms with van der Waals surface area (Å²) in [7, 11) is 0. The van der Waals surface area contributed by atoms with E-state index in [2.05, 4.69) is 27.4 Å². The van der Waals surface area contributed by atoms with E-state index in [9.17, 15) is 4.39 Å². The van der Waals surface area contributed by atoms with E-state index in [0.717, 1.165) is 93.0 Å². The highest BCUT2D eigenvalue weighted by Crippen LogP contribution is 2.20. The Balaban J connectivity index is 1.42. The van der Waals surface area contributed by atoms with Crippen LogP contribution in [-0.2, 0) is 13.0 Å². The van der Waals surface area contributed by atoms with Crippen molar-refractivity contribution in [1.29, 1.82) is 0 Å². The second kappa shape index (κ2) is 11.3. The highest BCUT2D eigenvalue weighted by Gasteiger charge is 2.21. The van der Waals surface area contributed by atoms with Crippen molar-refractivity contribution < 1.29 is 8.81 Å². The average Bonchev–Trinajstić information content (AvgIpc) is 3.05. The van der Waals surface area contributed by atoms with Crippen LogP contribution in [0, 0.1) is 32.5 Å². The lowest BCUT2D eigenvalue weighted by atomic mass is 9.97. The third kappa shape index (κ3) is 7.06. The number of nitrogens with one attached hydrogen (secondary N) is 2. The van der Waals surface area contributed by atoms with E-state index >= 15 is 0 Å². The number of halogens is 1. The minimum atomic E-state index is -0.180. The van der Waals surface area contributed by atoms with Gasteiger partial charge in [0.2, 0.25) is 5.89 Å². The van der Waals surface area contributed by atoms with Crippen molar-refractivity contribution in [3.8, 4) is 0 Å². The quantitative estimate of drug-likeness (QED) is 0.494. The van der Waals surface area contributed by atoms with E-state index in [1.807, 2.05) is 26.8 Å². The van der Waals surface area contributed by atoms with Crippen LogP contribution >= 0.6 is 0 Å². The first-order chi connectivity index (χ1) is 14.9. The van der Waals surface area contributed by atoms with Gasteiger partial charge in [-0.3, -0.25) is 9.89 Å². The van der Waals surface area contributed by atoms with Crippen LogP contribution in [0.5, 0.6) is 0 Å². The average molecular weight is 430 g/mol. The summed E-state index contributed by atoms with van der Waals surface area (Å²) < 4.78 is 19.0.